The second-order valence-electron chi connectivity index (χ2n) is 5.99. The van der Waals surface area contributed by atoms with Crippen molar-refractivity contribution in [2.75, 3.05) is 13.1 Å². The maximum Gasteiger partial charge on any atom is 0.308 e. The van der Waals surface area contributed by atoms with Crippen LogP contribution in [0.5, 0.6) is 0 Å². The van der Waals surface area contributed by atoms with Crippen molar-refractivity contribution in [2.45, 2.75) is 13.3 Å². The molecule has 0 bridgehead atoms. The van der Waals surface area contributed by atoms with Gasteiger partial charge in [0.05, 0.1) is 5.92 Å². The number of carbonyl (C=O) groups is 2. The molecule has 1 N–H and O–H groups in total. The van der Waals surface area contributed by atoms with Gasteiger partial charge in [0.15, 0.2) is 0 Å². The quantitative estimate of drug-likeness (QED) is 0.924. The highest BCUT2D eigenvalue weighted by Crippen LogP contribution is 2.25. The highest BCUT2D eigenvalue weighted by atomic mass is 16.4. The van der Waals surface area contributed by atoms with E-state index >= 15 is 0 Å². The second-order valence-corrected chi connectivity index (χ2v) is 5.99. The monoisotopic (exact) mass is 298 g/mol. The zero-order valence-corrected chi connectivity index (χ0v) is 12.4. The molecule has 1 aromatic carbocycles. The second kappa shape index (κ2) is 5.75. The summed E-state index contributed by atoms with van der Waals surface area (Å²) >= 11 is 0. The Morgan fingerprint density at radius 2 is 2.09 bits per heavy atom. The number of aliphatic carboxylic acids is 1. The number of piperidine rings is 1. The van der Waals surface area contributed by atoms with Gasteiger partial charge in [0.25, 0.3) is 5.91 Å². The summed E-state index contributed by atoms with van der Waals surface area (Å²) in [5, 5.41) is 11.0. The molecule has 22 heavy (non-hydrogen) atoms. The molecule has 114 valence electrons. The lowest BCUT2D eigenvalue weighted by atomic mass is 9.90. The molecule has 3 rings (SSSR count). The van der Waals surface area contributed by atoms with E-state index in [4.69, 9.17) is 0 Å². The van der Waals surface area contributed by atoms with Crippen molar-refractivity contribution in [1.29, 1.82) is 0 Å². The van der Waals surface area contributed by atoms with E-state index in [-0.39, 0.29) is 18.4 Å². The van der Waals surface area contributed by atoms with E-state index in [9.17, 15) is 14.7 Å². The summed E-state index contributed by atoms with van der Waals surface area (Å²) in [5.74, 6) is -1.22. The first kappa shape index (κ1) is 14.5. The lowest BCUT2D eigenvalue weighted by molar-refractivity contribution is -0.143. The Labute approximate surface area is 128 Å². The molecule has 1 saturated heterocycles. The predicted octanol–water partition coefficient (Wildman–Crippen LogP) is 2.42. The van der Waals surface area contributed by atoms with Gasteiger partial charge in [-0.3, -0.25) is 14.6 Å². The Balaban J connectivity index is 1.93. The summed E-state index contributed by atoms with van der Waals surface area (Å²) in [7, 11) is 0. The van der Waals surface area contributed by atoms with Crippen molar-refractivity contribution in [2.24, 2.45) is 11.8 Å². The number of likely N-dealkylation sites (tertiary alicyclic amines) is 1. The van der Waals surface area contributed by atoms with E-state index in [0.29, 0.717) is 18.5 Å². The van der Waals surface area contributed by atoms with Crippen molar-refractivity contribution >= 4 is 22.6 Å². The zero-order chi connectivity index (χ0) is 15.7. The number of carbonyl (C=O) groups excluding carboxylic acids is 1. The van der Waals surface area contributed by atoms with Gasteiger partial charge >= 0.3 is 5.97 Å². The summed E-state index contributed by atoms with van der Waals surface area (Å²) in [4.78, 5) is 29.9. The fraction of sp³-hybridized carbons (Fsp3) is 0.353. The van der Waals surface area contributed by atoms with E-state index in [1.165, 1.54) is 0 Å². The first-order valence-corrected chi connectivity index (χ1v) is 7.41. The molecular weight excluding hydrogens is 280 g/mol. The third kappa shape index (κ3) is 2.66. The van der Waals surface area contributed by atoms with Crippen molar-refractivity contribution < 1.29 is 14.7 Å². The van der Waals surface area contributed by atoms with Crippen LogP contribution in [-0.2, 0) is 4.79 Å². The van der Waals surface area contributed by atoms with Crippen LogP contribution in [-0.4, -0.2) is 40.0 Å². The number of aromatic nitrogens is 1. The van der Waals surface area contributed by atoms with Gasteiger partial charge < -0.3 is 10.0 Å². The maximum absolute atomic E-state index is 12.8. The van der Waals surface area contributed by atoms with Gasteiger partial charge in [-0.15, -0.1) is 0 Å². The SMILES string of the molecule is CC1CC(C(=O)O)CN(C(=O)c2cccc3cnccc23)C1. The van der Waals surface area contributed by atoms with Crippen LogP contribution < -0.4 is 0 Å². The number of nitrogens with zero attached hydrogens (tertiary/aromatic N) is 2. The summed E-state index contributed by atoms with van der Waals surface area (Å²) in [6.07, 6.45) is 4.02. The molecule has 0 radical (unpaired) electrons. The van der Waals surface area contributed by atoms with Gasteiger partial charge in [-0.1, -0.05) is 19.1 Å². The fourth-order valence-corrected chi connectivity index (χ4v) is 3.18. The van der Waals surface area contributed by atoms with Crippen LogP contribution in [0.25, 0.3) is 10.8 Å². The fourth-order valence-electron chi connectivity index (χ4n) is 3.18. The number of amides is 1. The van der Waals surface area contributed by atoms with Crippen LogP contribution in [0, 0.1) is 11.8 Å². The van der Waals surface area contributed by atoms with Crippen LogP contribution >= 0.6 is 0 Å². The Hall–Kier alpha value is -2.43. The van der Waals surface area contributed by atoms with E-state index in [1.807, 2.05) is 25.1 Å². The van der Waals surface area contributed by atoms with Crippen LogP contribution in [0.4, 0.5) is 0 Å². The van der Waals surface area contributed by atoms with Gasteiger partial charge in [0.1, 0.15) is 0 Å². The van der Waals surface area contributed by atoms with Crippen molar-refractivity contribution in [3.8, 4) is 0 Å². The molecule has 0 saturated carbocycles. The number of carboxylic acids is 1. The molecule has 2 atom stereocenters. The predicted molar refractivity (Wildman–Crippen MR) is 82.6 cm³/mol. The first-order chi connectivity index (χ1) is 10.6. The number of carboxylic acid groups (broad SMARTS) is 1. The lowest BCUT2D eigenvalue weighted by Gasteiger charge is -2.34. The van der Waals surface area contributed by atoms with Crippen molar-refractivity contribution in [3.63, 3.8) is 0 Å². The molecule has 1 aromatic heterocycles. The molecule has 0 spiro atoms. The van der Waals surface area contributed by atoms with Gasteiger partial charge in [0, 0.05) is 36.4 Å². The normalized spacial score (nSPS) is 21.8. The van der Waals surface area contributed by atoms with Crippen molar-refractivity contribution in [3.05, 3.63) is 42.2 Å². The minimum absolute atomic E-state index is 0.102. The highest BCUT2D eigenvalue weighted by molar-refractivity contribution is 6.06. The van der Waals surface area contributed by atoms with Crippen LogP contribution in [0.2, 0.25) is 0 Å². The lowest BCUT2D eigenvalue weighted by Crippen LogP contribution is -2.45. The Kier molecular flexibility index (Phi) is 3.79. The Morgan fingerprint density at radius 3 is 2.86 bits per heavy atom. The van der Waals surface area contributed by atoms with Gasteiger partial charge in [-0.25, -0.2) is 0 Å². The Bertz CT molecular complexity index is 723. The number of hydrogen-bond donors (Lipinski definition) is 1. The molecule has 5 heteroatoms. The average Bonchev–Trinajstić information content (AvgIpc) is 2.53. The zero-order valence-electron chi connectivity index (χ0n) is 12.4. The standard InChI is InChI=1S/C17H18N2O3/c1-11-7-13(17(21)22)10-19(9-11)16(20)15-4-2-3-12-8-18-6-5-14(12)15/h2-6,8,11,13H,7,9-10H2,1H3,(H,21,22). The molecule has 2 aromatic rings. The minimum atomic E-state index is -0.827. The molecule has 1 fully saturated rings. The average molecular weight is 298 g/mol. The van der Waals surface area contributed by atoms with Crippen LogP contribution in [0.15, 0.2) is 36.7 Å². The molecule has 0 aliphatic carbocycles. The summed E-state index contributed by atoms with van der Waals surface area (Å²) in [6, 6.07) is 7.36. The van der Waals surface area contributed by atoms with E-state index in [2.05, 4.69) is 4.98 Å². The van der Waals surface area contributed by atoms with E-state index in [0.717, 1.165) is 10.8 Å². The number of hydrogen-bond acceptors (Lipinski definition) is 3. The third-order valence-corrected chi connectivity index (χ3v) is 4.21. The summed E-state index contributed by atoms with van der Waals surface area (Å²) in [5.41, 5.74) is 0.609. The molecule has 1 aliphatic heterocycles. The number of fused-ring (bicyclic) bond motifs is 1. The number of rotatable bonds is 2. The summed E-state index contributed by atoms with van der Waals surface area (Å²) < 4.78 is 0. The Morgan fingerprint density at radius 1 is 1.27 bits per heavy atom. The number of benzene rings is 1. The topological polar surface area (TPSA) is 70.5 Å². The van der Waals surface area contributed by atoms with Gasteiger partial charge in [-0.05, 0) is 29.9 Å². The molecule has 2 unspecified atom stereocenters. The van der Waals surface area contributed by atoms with Crippen LogP contribution in [0.1, 0.15) is 23.7 Å². The largest absolute Gasteiger partial charge is 0.481 e. The third-order valence-electron chi connectivity index (χ3n) is 4.21. The summed E-state index contributed by atoms with van der Waals surface area (Å²) in [6.45, 7) is 2.87. The van der Waals surface area contributed by atoms with E-state index < -0.39 is 11.9 Å². The molecule has 2 heterocycles. The highest BCUT2D eigenvalue weighted by Gasteiger charge is 2.32. The van der Waals surface area contributed by atoms with Crippen LogP contribution in [0.3, 0.4) is 0 Å². The molecule has 1 amide bonds. The number of pyridine rings is 1. The maximum atomic E-state index is 12.8. The van der Waals surface area contributed by atoms with Crippen molar-refractivity contribution in [1.82, 2.24) is 9.88 Å². The molecular formula is C17H18N2O3. The molecule has 5 nitrogen and oxygen atoms in total. The first-order valence-electron chi connectivity index (χ1n) is 7.41. The smallest absolute Gasteiger partial charge is 0.308 e. The molecule has 1 aliphatic rings. The van der Waals surface area contributed by atoms with E-state index in [1.54, 1.807) is 23.4 Å². The van der Waals surface area contributed by atoms with Gasteiger partial charge in [0.2, 0.25) is 0 Å². The van der Waals surface area contributed by atoms with Gasteiger partial charge in [-0.2, -0.15) is 0 Å². The minimum Gasteiger partial charge on any atom is -0.481 e.